The highest BCUT2D eigenvalue weighted by Crippen LogP contribution is 2.54. The minimum absolute atomic E-state index is 0.287. The highest BCUT2D eigenvalue weighted by Gasteiger charge is 2.54. The van der Waals surface area contributed by atoms with E-state index in [-0.39, 0.29) is 5.65 Å². The molecule has 4 unspecified atom stereocenters. The molecular formula is C27H28B2F2N8O9P2. The normalized spacial score (nSPS) is 37.5. The zero-order valence-corrected chi connectivity index (χ0v) is 27.8. The summed E-state index contributed by atoms with van der Waals surface area (Å²) in [6, 6.07) is 1.72. The minimum Gasteiger partial charge on any atom is -0.369 e. The summed E-state index contributed by atoms with van der Waals surface area (Å²) in [6.45, 7) is -0.343. The number of aryl methyl sites for hydroxylation is 1. The Bertz CT molecular complexity index is 1940. The van der Waals surface area contributed by atoms with Crippen molar-refractivity contribution >= 4 is 63.7 Å². The number of anilines is 2. The molecule has 0 saturated carbocycles. The van der Waals surface area contributed by atoms with Gasteiger partial charge in [-0.3, -0.25) is 19.4 Å². The quantitative estimate of drug-likeness (QED) is 0.227. The molecule has 3 fully saturated rings. The van der Waals surface area contributed by atoms with Crippen LogP contribution in [0.5, 0.6) is 0 Å². The summed E-state index contributed by atoms with van der Waals surface area (Å²) in [5, 5.41) is 9.09. The highest BCUT2D eigenvalue weighted by molar-refractivity contribution is 7.79. The van der Waals surface area contributed by atoms with Gasteiger partial charge in [0, 0.05) is 30.7 Å². The summed E-state index contributed by atoms with van der Waals surface area (Å²) in [5.41, 5.74) is 5.60. The Hall–Kier alpha value is -2.99. The highest BCUT2D eigenvalue weighted by atomic mass is 31.2. The molecule has 5 aliphatic rings. The maximum absolute atomic E-state index is 16.4. The number of rotatable bonds is 2. The maximum atomic E-state index is 16.4. The van der Waals surface area contributed by atoms with E-state index in [0.29, 0.717) is 59.6 Å². The smallest absolute Gasteiger partial charge is 0.264 e. The van der Waals surface area contributed by atoms with E-state index in [1.54, 1.807) is 12.3 Å². The molecule has 9 rings (SSSR count). The Labute approximate surface area is 284 Å². The van der Waals surface area contributed by atoms with Crippen LogP contribution in [0.3, 0.4) is 0 Å². The number of alkyl halides is 2. The lowest BCUT2D eigenvalue weighted by molar-refractivity contribution is -0.0568. The van der Waals surface area contributed by atoms with E-state index in [1.165, 1.54) is 21.8 Å². The van der Waals surface area contributed by atoms with Gasteiger partial charge in [-0.15, -0.1) is 0 Å². The number of nitrogens with one attached hydrogen (secondary N) is 2. The third kappa shape index (κ3) is 5.58. The van der Waals surface area contributed by atoms with Crippen LogP contribution < -0.4 is 10.8 Å². The third-order valence-corrected chi connectivity index (χ3v) is 11.4. The van der Waals surface area contributed by atoms with Gasteiger partial charge in [0.05, 0.1) is 36.6 Å². The molecule has 3 saturated heterocycles. The van der Waals surface area contributed by atoms with Gasteiger partial charge in [-0.1, -0.05) is 0 Å². The number of pyridine rings is 1. The fourth-order valence-electron chi connectivity index (χ4n) is 7.09. The second-order valence-corrected chi connectivity index (χ2v) is 15.6. The van der Waals surface area contributed by atoms with E-state index in [2.05, 4.69) is 30.8 Å². The largest absolute Gasteiger partial charge is 0.369 e. The number of ether oxygens (including phenoxy) is 2. The summed E-state index contributed by atoms with van der Waals surface area (Å²) >= 11 is 0. The van der Waals surface area contributed by atoms with Crippen molar-refractivity contribution in [2.45, 2.75) is 68.5 Å². The molecule has 4 aromatic heterocycles. The van der Waals surface area contributed by atoms with E-state index in [9.17, 15) is 9.13 Å². The first-order chi connectivity index (χ1) is 24.1. The van der Waals surface area contributed by atoms with E-state index < -0.39 is 77.4 Å². The summed E-state index contributed by atoms with van der Waals surface area (Å²) in [5.74, 6) is 0.544. The predicted octanol–water partition coefficient (Wildman–Crippen LogP) is 2.98. The van der Waals surface area contributed by atoms with Crippen LogP contribution in [-0.2, 0) is 54.4 Å². The molecule has 5 aliphatic heterocycles. The number of halogens is 2. The number of hydrogen-bond donors (Lipinski definition) is 2. The Morgan fingerprint density at radius 1 is 0.900 bits per heavy atom. The average Bonchev–Trinajstić information content (AvgIpc) is 3.71. The van der Waals surface area contributed by atoms with Gasteiger partial charge in [-0.05, 0) is 24.5 Å². The van der Waals surface area contributed by atoms with Crippen LogP contribution in [0.1, 0.15) is 30.1 Å². The van der Waals surface area contributed by atoms with Crippen molar-refractivity contribution in [3.8, 4) is 0 Å². The van der Waals surface area contributed by atoms with Crippen LogP contribution >= 0.6 is 14.9 Å². The number of hydrogen-bond acceptors (Lipinski definition) is 15. The second kappa shape index (κ2) is 12.3. The lowest BCUT2D eigenvalue weighted by Crippen LogP contribution is -2.37. The fraction of sp³-hybridized carbons (Fsp3) is 0.556. The van der Waals surface area contributed by atoms with E-state index in [4.69, 9.17) is 47.5 Å². The molecule has 50 heavy (non-hydrogen) atoms. The van der Waals surface area contributed by atoms with Gasteiger partial charge in [0.25, 0.3) is 14.9 Å². The lowest BCUT2D eigenvalue weighted by atomic mass is 10.1. The molecule has 23 heteroatoms. The SMILES string of the molecule is [B]P1(=O)OC[C@H]2O[C@@H](n3nc4c5c(ncnc53)NCCC4)C(F)[C@H]2OP([B])(=O)OC[C@H]2O[C@@H](n3cc4c5c(ccnc53)NOCC4)[C@@H](F)C2O1. The van der Waals surface area contributed by atoms with Crippen molar-refractivity contribution in [2.75, 3.05) is 37.2 Å². The van der Waals surface area contributed by atoms with Crippen LogP contribution in [0.25, 0.3) is 22.1 Å². The van der Waals surface area contributed by atoms with E-state index in [0.717, 1.165) is 12.0 Å². The van der Waals surface area contributed by atoms with Crippen molar-refractivity contribution < 1.29 is 50.3 Å². The van der Waals surface area contributed by atoms with Crippen molar-refractivity contribution in [3.63, 3.8) is 0 Å². The van der Waals surface area contributed by atoms with Gasteiger partial charge in [-0.2, -0.15) is 5.10 Å². The van der Waals surface area contributed by atoms with Crippen molar-refractivity contribution in [2.24, 2.45) is 0 Å². The molecule has 0 bridgehead atoms. The van der Waals surface area contributed by atoms with Gasteiger partial charge in [-0.25, -0.2) is 28.4 Å². The van der Waals surface area contributed by atoms with Gasteiger partial charge in [0.15, 0.2) is 30.4 Å². The number of fused-ring (bicyclic) bond motifs is 2. The van der Waals surface area contributed by atoms with Crippen molar-refractivity contribution in [1.82, 2.24) is 29.3 Å². The Morgan fingerprint density at radius 3 is 2.38 bits per heavy atom. The van der Waals surface area contributed by atoms with Crippen LogP contribution in [0.15, 0.2) is 24.8 Å². The van der Waals surface area contributed by atoms with Crippen molar-refractivity contribution in [1.29, 1.82) is 0 Å². The third-order valence-electron chi connectivity index (χ3n) is 9.32. The Kier molecular flexibility index (Phi) is 8.10. The van der Waals surface area contributed by atoms with Gasteiger partial charge in [0.1, 0.15) is 42.2 Å². The average molecular weight is 730 g/mol. The summed E-state index contributed by atoms with van der Waals surface area (Å²) in [7, 11) is 2.75. The number of aromatic nitrogens is 6. The molecule has 0 spiro atoms. The molecule has 0 aliphatic carbocycles. The molecule has 260 valence electrons. The van der Waals surface area contributed by atoms with Crippen LogP contribution in [-0.4, -0.2) is 108 Å². The fourth-order valence-corrected chi connectivity index (χ4v) is 9.11. The monoisotopic (exact) mass is 730 g/mol. The van der Waals surface area contributed by atoms with Crippen LogP contribution in [0.2, 0.25) is 0 Å². The molecule has 0 aromatic carbocycles. The lowest BCUT2D eigenvalue weighted by Gasteiger charge is -2.29. The molecule has 2 N–H and O–H groups in total. The van der Waals surface area contributed by atoms with Gasteiger partial charge >= 0.3 is 0 Å². The molecule has 10 atom stereocenters. The predicted molar refractivity (Wildman–Crippen MR) is 171 cm³/mol. The maximum Gasteiger partial charge on any atom is 0.264 e. The molecule has 4 aromatic rings. The Balaban J connectivity index is 1.00. The molecule has 9 heterocycles. The van der Waals surface area contributed by atoms with Crippen molar-refractivity contribution in [3.05, 3.63) is 36.0 Å². The van der Waals surface area contributed by atoms with E-state index in [1.807, 2.05) is 0 Å². The zero-order chi connectivity index (χ0) is 34.4. The van der Waals surface area contributed by atoms with Crippen LogP contribution in [0.4, 0.5) is 20.3 Å². The summed E-state index contributed by atoms with van der Waals surface area (Å²) in [6.07, 6.45) is -6.66. The summed E-state index contributed by atoms with van der Waals surface area (Å²) in [4.78, 5) is 18.4. The van der Waals surface area contributed by atoms with Gasteiger partial charge in [0.2, 0.25) is 15.1 Å². The molecular weight excluding hydrogens is 702 g/mol. The van der Waals surface area contributed by atoms with Crippen LogP contribution in [0, 0.1) is 0 Å². The Morgan fingerprint density at radius 2 is 1.62 bits per heavy atom. The summed E-state index contributed by atoms with van der Waals surface area (Å²) < 4.78 is 96.5. The minimum atomic E-state index is -4.59. The topological polar surface area (TPSA) is 184 Å². The molecule has 0 amide bonds. The zero-order valence-electron chi connectivity index (χ0n) is 26.0. The second-order valence-electron chi connectivity index (χ2n) is 12.5. The van der Waals surface area contributed by atoms with Gasteiger partial charge < -0.3 is 37.5 Å². The first-order valence-electron chi connectivity index (χ1n) is 15.9. The number of nitrogens with zero attached hydrogens (tertiary/aromatic N) is 6. The molecule has 4 radical (unpaired) electrons. The standard InChI is InChI=1S/C27H28B2F2N8O9P2/c28-49(40)44-10-16-22(20(31)27(46-16)39-25-18-13(36-39)2-1-5-32-23(18)34-11-35-25)48-50(29,41)43-9-15-21(47-49)19(30)26(45-15)38-8-12-4-7-42-37-14-3-6-33-24(38)17(12)14/h3,6,8,11,15-16,19-22,26-27,37H,1-2,4-5,7,9-10H2,(H,32,34,35)/t15-,16-,19+,20?,21?,22+,26-,27-,49?,50?/m1/s1. The molecule has 17 nitrogen and oxygen atoms in total. The first-order valence-corrected chi connectivity index (χ1v) is 19.1. The first kappa shape index (κ1) is 32.9. The van der Waals surface area contributed by atoms with E-state index >= 15 is 8.78 Å².